The first-order valence-electron chi connectivity index (χ1n) is 20.7. The highest BCUT2D eigenvalue weighted by molar-refractivity contribution is 5.95. The summed E-state index contributed by atoms with van der Waals surface area (Å²) >= 11 is 0. The number of aliphatic carboxylic acids is 3. The number of allylic oxidation sites excluding steroid dienone is 2. The molecule has 58 heavy (non-hydrogen) atoms. The molecular formula is C42H61O16-. The third-order valence-corrected chi connectivity index (χ3v) is 17.2. The van der Waals surface area contributed by atoms with Crippen LogP contribution in [0.25, 0.3) is 0 Å². The van der Waals surface area contributed by atoms with Crippen molar-refractivity contribution in [1.82, 2.24) is 0 Å². The van der Waals surface area contributed by atoms with Gasteiger partial charge < -0.3 is 64.6 Å². The average molecular weight is 822 g/mol. The number of rotatable bonds is 7. The van der Waals surface area contributed by atoms with E-state index in [-0.39, 0.29) is 34.4 Å². The molecule has 2 saturated heterocycles. The Morgan fingerprint density at radius 3 is 1.91 bits per heavy atom. The van der Waals surface area contributed by atoms with Crippen LogP contribution < -0.4 is 5.11 Å². The normalized spacial score (nSPS) is 52.6. The summed E-state index contributed by atoms with van der Waals surface area (Å²) in [5.74, 6) is -4.80. The fourth-order valence-corrected chi connectivity index (χ4v) is 13.4. The van der Waals surface area contributed by atoms with Gasteiger partial charge in [0.15, 0.2) is 30.6 Å². The molecule has 2 aliphatic heterocycles. The van der Waals surface area contributed by atoms with E-state index in [0.717, 1.165) is 24.8 Å². The minimum atomic E-state index is -2.05. The Morgan fingerprint density at radius 1 is 0.724 bits per heavy atom. The van der Waals surface area contributed by atoms with Crippen LogP contribution in [0.1, 0.15) is 106 Å². The number of ketones is 1. The quantitative estimate of drug-likeness (QED) is 0.176. The molecule has 0 amide bonds. The van der Waals surface area contributed by atoms with Gasteiger partial charge in [0.1, 0.15) is 36.6 Å². The van der Waals surface area contributed by atoms with Gasteiger partial charge in [0.2, 0.25) is 0 Å². The monoisotopic (exact) mass is 821 g/mol. The number of carboxylic acid groups (broad SMARTS) is 3. The van der Waals surface area contributed by atoms with E-state index in [1.54, 1.807) is 6.92 Å². The number of carbonyl (C=O) groups is 4. The van der Waals surface area contributed by atoms with Gasteiger partial charge in [0.25, 0.3) is 0 Å². The van der Waals surface area contributed by atoms with Crippen LogP contribution in [0, 0.1) is 50.2 Å². The first-order valence-corrected chi connectivity index (χ1v) is 20.7. The SMILES string of the molecule is CC1(C)C2CC[C@]3(C)C(C(=O)C=C4[C@@H]5C[C@@](C)(C(=O)[O-])CC[C@]5(C)CC[C@]43C)[C@@]2(C)CC[C@@H]1O[C@H]1O[C@H](C(=O)O)[C@@H](O)[C@H](O)[C@H]1O[C@H]1O[C@@H](C(=O)O)[C@H](O)[C@@H](O)C1O. The molecule has 7 N–H and O–H groups in total. The first-order chi connectivity index (χ1) is 26.8. The zero-order chi connectivity index (χ0) is 42.9. The standard InChI is InChI=1S/C42H62O16/c1-37(2)21-8-11-42(7)31(20(43)16-18-19-17-39(4,36(53)54)13-12-38(19,3)14-15-41(18,42)6)40(21,5)10-9-22(37)55-35-30(26(47)25(46)29(57-35)33(51)52)58-34-27(48)23(44)24(45)28(56-34)32(49)50/h16,19,21-31,34-35,44-48H,8-15,17H2,1-7H3,(H,49,50)(H,51,52)(H,53,54)/p-1/t19-,21?,22-,23+,24+,25-,26-,27?,28+,29-,30+,31?,34+,35-,38+,39-,40-,41+,42+/m0/s1. The van der Waals surface area contributed by atoms with Crippen LogP contribution in [0.3, 0.4) is 0 Å². The number of hydrogen-bond donors (Lipinski definition) is 7. The van der Waals surface area contributed by atoms with Crippen molar-refractivity contribution in [3.05, 3.63) is 11.6 Å². The Labute approximate surface area is 337 Å². The summed E-state index contributed by atoms with van der Waals surface area (Å²) in [5, 5.41) is 85.1. The average Bonchev–Trinajstić information content (AvgIpc) is 3.13. The minimum Gasteiger partial charge on any atom is -0.550 e. The summed E-state index contributed by atoms with van der Waals surface area (Å²) in [4.78, 5) is 51.2. The van der Waals surface area contributed by atoms with E-state index in [1.165, 1.54) is 0 Å². The van der Waals surface area contributed by atoms with Gasteiger partial charge in [0, 0.05) is 17.3 Å². The van der Waals surface area contributed by atoms with Crippen molar-refractivity contribution < 1.29 is 79.0 Å². The Bertz CT molecular complexity index is 1730. The highest BCUT2D eigenvalue weighted by Crippen LogP contribution is 2.75. The summed E-state index contributed by atoms with van der Waals surface area (Å²) in [7, 11) is 0. The molecule has 4 saturated carbocycles. The first kappa shape index (κ1) is 43.5. The third-order valence-electron chi connectivity index (χ3n) is 17.2. The van der Waals surface area contributed by atoms with E-state index in [2.05, 4.69) is 27.7 Å². The maximum absolute atomic E-state index is 14.8. The summed E-state index contributed by atoms with van der Waals surface area (Å²) in [6.07, 6.45) is -12.5. The molecule has 3 unspecified atom stereocenters. The molecule has 19 atom stereocenters. The number of ether oxygens (including phenoxy) is 4. The van der Waals surface area contributed by atoms with Crippen LogP contribution in [0.2, 0.25) is 0 Å². The van der Waals surface area contributed by atoms with E-state index in [4.69, 9.17) is 18.9 Å². The Kier molecular flexibility index (Phi) is 10.7. The summed E-state index contributed by atoms with van der Waals surface area (Å²) in [5.41, 5.74) is -2.03. The Balaban J connectivity index is 1.17. The lowest BCUT2D eigenvalue weighted by atomic mass is 9.33. The van der Waals surface area contributed by atoms with Crippen molar-refractivity contribution in [3.8, 4) is 0 Å². The summed E-state index contributed by atoms with van der Waals surface area (Å²) in [6, 6.07) is 0. The van der Waals surface area contributed by atoms with Gasteiger partial charge in [-0.15, -0.1) is 0 Å². The number of carboxylic acids is 3. The van der Waals surface area contributed by atoms with E-state index in [0.29, 0.717) is 38.5 Å². The fourth-order valence-electron chi connectivity index (χ4n) is 13.4. The van der Waals surface area contributed by atoms with Crippen LogP contribution in [0.4, 0.5) is 0 Å². The molecule has 0 aromatic carbocycles. The number of hydrogen-bond acceptors (Lipinski definition) is 14. The van der Waals surface area contributed by atoms with E-state index in [9.17, 15) is 60.0 Å². The van der Waals surface area contributed by atoms with Crippen molar-refractivity contribution in [2.24, 2.45) is 50.2 Å². The Morgan fingerprint density at radius 2 is 1.31 bits per heavy atom. The van der Waals surface area contributed by atoms with E-state index in [1.807, 2.05) is 19.9 Å². The second-order valence-corrected chi connectivity index (χ2v) is 20.6. The molecule has 0 aromatic rings. The molecule has 0 radical (unpaired) electrons. The van der Waals surface area contributed by atoms with Crippen molar-refractivity contribution >= 4 is 23.7 Å². The summed E-state index contributed by atoms with van der Waals surface area (Å²) < 4.78 is 23.4. The minimum absolute atomic E-state index is 0.0471. The molecule has 7 aliphatic rings. The van der Waals surface area contributed by atoms with Crippen molar-refractivity contribution in [3.63, 3.8) is 0 Å². The van der Waals surface area contributed by atoms with Gasteiger partial charge in [-0.25, -0.2) is 9.59 Å². The predicted molar refractivity (Wildman–Crippen MR) is 197 cm³/mol. The molecule has 7 rings (SSSR count). The smallest absolute Gasteiger partial charge is 0.335 e. The fraction of sp³-hybridized carbons (Fsp3) is 0.857. The zero-order valence-corrected chi connectivity index (χ0v) is 34.3. The molecule has 0 aromatic heterocycles. The van der Waals surface area contributed by atoms with Gasteiger partial charge in [-0.05, 0) is 103 Å². The van der Waals surface area contributed by atoms with Gasteiger partial charge in [-0.2, -0.15) is 0 Å². The zero-order valence-electron chi connectivity index (χ0n) is 34.3. The highest BCUT2D eigenvalue weighted by Gasteiger charge is 2.70. The maximum Gasteiger partial charge on any atom is 0.335 e. The lowest BCUT2D eigenvalue weighted by molar-refractivity contribution is -0.371. The second-order valence-electron chi connectivity index (χ2n) is 20.6. The van der Waals surface area contributed by atoms with Crippen molar-refractivity contribution in [2.75, 3.05) is 0 Å². The van der Waals surface area contributed by atoms with Gasteiger partial charge >= 0.3 is 11.9 Å². The molecule has 16 heteroatoms. The predicted octanol–water partition coefficient (Wildman–Crippen LogP) is 0.911. The van der Waals surface area contributed by atoms with Crippen molar-refractivity contribution in [2.45, 2.75) is 174 Å². The van der Waals surface area contributed by atoms with Crippen LogP contribution in [-0.4, -0.2) is 127 Å². The third kappa shape index (κ3) is 6.25. The van der Waals surface area contributed by atoms with E-state index >= 15 is 0 Å². The lowest BCUT2D eigenvalue weighted by Crippen LogP contribution is -2.68. The van der Waals surface area contributed by atoms with Gasteiger partial charge in [0.05, 0.1) is 6.10 Å². The molecular weight excluding hydrogens is 760 g/mol. The number of carbonyl (C=O) groups excluding carboxylic acids is 2. The molecule has 6 fully saturated rings. The number of aliphatic hydroxyl groups excluding tert-OH is 5. The van der Waals surface area contributed by atoms with Crippen LogP contribution in [0.15, 0.2) is 11.6 Å². The molecule has 0 spiro atoms. The molecule has 0 bridgehead atoms. The van der Waals surface area contributed by atoms with Crippen LogP contribution >= 0.6 is 0 Å². The maximum atomic E-state index is 14.8. The Hall–Kier alpha value is -2.54. The molecule has 5 aliphatic carbocycles. The molecule has 326 valence electrons. The van der Waals surface area contributed by atoms with Gasteiger partial charge in [-0.1, -0.05) is 54.0 Å². The lowest BCUT2D eigenvalue weighted by Gasteiger charge is -2.70. The number of fused-ring (bicyclic) bond motifs is 7. The van der Waals surface area contributed by atoms with Crippen LogP contribution in [0.5, 0.6) is 0 Å². The van der Waals surface area contributed by atoms with E-state index < -0.39 is 107 Å². The molecule has 16 nitrogen and oxygen atoms in total. The summed E-state index contributed by atoms with van der Waals surface area (Å²) in [6.45, 7) is 14.7. The topological polar surface area (TPSA) is 270 Å². The highest BCUT2D eigenvalue weighted by atomic mass is 16.8. The molecule has 2 heterocycles. The van der Waals surface area contributed by atoms with Gasteiger partial charge in [-0.3, -0.25) is 4.79 Å². The van der Waals surface area contributed by atoms with Crippen LogP contribution in [-0.2, 0) is 38.1 Å². The number of aliphatic hydroxyl groups is 5. The largest absolute Gasteiger partial charge is 0.550 e. The second kappa shape index (κ2) is 14.3. The van der Waals surface area contributed by atoms with Crippen molar-refractivity contribution in [1.29, 1.82) is 0 Å².